The molecule has 0 saturated heterocycles. The van der Waals surface area contributed by atoms with Crippen LogP contribution in [0.2, 0.25) is 0 Å². The van der Waals surface area contributed by atoms with E-state index >= 15 is 0 Å². The van der Waals surface area contributed by atoms with Gasteiger partial charge < -0.3 is 9.47 Å². The number of carbonyl (C=O) groups is 2. The van der Waals surface area contributed by atoms with E-state index in [0.29, 0.717) is 0 Å². The van der Waals surface area contributed by atoms with E-state index in [1.54, 1.807) is 24.3 Å². The molecule has 0 heterocycles. The van der Waals surface area contributed by atoms with Crippen LogP contribution in [0, 0.1) is 0 Å². The Morgan fingerprint density at radius 1 is 0.300 bits per heavy atom. The first-order valence-corrected chi connectivity index (χ1v) is 28.3. The maximum Gasteiger partial charge on any atom is 0.339 e. The summed E-state index contributed by atoms with van der Waals surface area (Å²) in [6, 6.07) is 41.3. The van der Waals surface area contributed by atoms with Gasteiger partial charge in [0.2, 0.25) is 0 Å². The molecule has 378 valence electrons. The summed E-state index contributed by atoms with van der Waals surface area (Å²) in [5, 5.41) is 0. The van der Waals surface area contributed by atoms with Gasteiger partial charge in [0, 0.05) is 0 Å². The lowest BCUT2D eigenvalue weighted by Crippen LogP contribution is -2.19. The number of hydrogen-bond donors (Lipinski definition) is 0. The minimum absolute atomic E-state index is 0.194. The molecule has 5 rings (SSSR count). The van der Waals surface area contributed by atoms with Crippen LogP contribution in [0.4, 0.5) is 0 Å². The van der Waals surface area contributed by atoms with E-state index in [4.69, 9.17) is 9.47 Å². The van der Waals surface area contributed by atoms with E-state index in [0.717, 1.165) is 47.9 Å². The van der Waals surface area contributed by atoms with Gasteiger partial charge in [-0.25, -0.2) is 9.59 Å². The van der Waals surface area contributed by atoms with Crippen LogP contribution in [0.25, 0.3) is 0 Å². The molecule has 4 nitrogen and oxygen atoms in total. The molecule has 0 bridgehead atoms. The topological polar surface area (TPSA) is 52.6 Å². The number of benzene rings is 5. The van der Waals surface area contributed by atoms with Gasteiger partial charge in [-0.1, -0.05) is 265 Å². The lowest BCUT2D eigenvalue weighted by molar-refractivity contribution is 0.0329. The van der Waals surface area contributed by atoms with Crippen LogP contribution in [0.3, 0.4) is 0 Å². The number of hydrogen-bond acceptors (Lipinski definition) is 4. The highest BCUT2D eigenvalue weighted by molar-refractivity contribution is 6.03. The van der Waals surface area contributed by atoms with Crippen LogP contribution in [0.15, 0.2) is 121 Å². The lowest BCUT2D eigenvalue weighted by atomic mass is 9.96. The molecule has 0 amide bonds. The number of esters is 2. The molecule has 0 radical (unpaired) electrons. The molecule has 0 unspecified atom stereocenters. The molecule has 5 aromatic carbocycles. The van der Waals surface area contributed by atoms with Crippen molar-refractivity contribution < 1.29 is 19.1 Å². The summed E-state index contributed by atoms with van der Waals surface area (Å²) >= 11 is 0. The summed E-state index contributed by atoms with van der Waals surface area (Å²) in [5.41, 5.74) is 9.18. The minimum atomic E-state index is -0.653. The van der Waals surface area contributed by atoms with Crippen molar-refractivity contribution in [3.05, 3.63) is 177 Å². The van der Waals surface area contributed by atoms with Gasteiger partial charge in [-0.05, 0) is 108 Å². The first-order valence-electron chi connectivity index (χ1n) is 28.3. The van der Waals surface area contributed by atoms with Crippen LogP contribution in [-0.4, -0.2) is 11.9 Å². The summed E-state index contributed by atoms with van der Waals surface area (Å²) < 4.78 is 13.0. The van der Waals surface area contributed by atoms with Crippen LogP contribution >= 0.6 is 0 Å². The van der Waals surface area contributed by atoms with Crippen molar-refractivity contribution in [1.29, 1.82) is 0 Å². The number of ether oxygens (including phenoxy) is 2. The van der Waals surface area contributed by atoms with E-state index in [1.807, 2.05) is 0 Å². The second-order valence-corrected chi connectivity index (χ2v) is 20.2. The summed E-state index contributed by atoms with van der Waals surface area (Å²) in [7, 11) is 0. The average Bonchev–Trinajstić information content (AvgIpc) is 3.39. The third-order valence-corrected chi connectivity index (χ3v) is 14.2. The summed E-state index contributed by atoms with van der Waals surface area (Å²) in [6.07, 6.45) is 33.1. The maximum atomic E-state index is 14.6. The second kappa shape index (κ2) is 33.6. The van der Waals surface area contributed by atoms with Gasteiger partial charge in [0.15, 0.2) is 12.2 Å². The molecular formula is C66H90O4. The number of carbonyl (C=O) groups excluding carboxylic acids is 2. The van der Waals surface area contributed by atoms with E-state index in [2.05, 4.69) is 125 Å². The molecule has 0 atom stereocenters. The SMILES string of the molecule is CCCCCCCCc1ccc(C(OC(=O)c2ccccc2C(=O)OC(c2ccc(CCCCCCCC)cc2)c2ccc(CCCCCCCC)cc2)c2ccc(CCCCCCCC)cc2)cc1. The molecule has 0 aromatic heterocycles. The highest BCUT2D eigenvalue weighted by Gasteiger charge is 2.27. The quantitative estimate of drug-likeness (QED) is 0.0297. The molecule has 4 heteroatoms. The maximum absolute atomic E-state index is 14.6. The Morgan fingerprint density at radius 2 is 0.514 bits per heavy atom. The Hall–Kier alpha value is -4.96. The summed E-state index contributed by atoms with van der Waals surface area (Å²) in [6.45, 7) is 9.03. The Morgan fingerprint density at radius 3 is 0.743 bits per heavy atom. The predicted molar refractivity (Wildman–Crippen MR) is 295 cm³/mol. The predicted octanol–water partition coefficient (Wildman–Crippen LogP) is 19.2. The van der Waals surface area contributed by atoms with Crippen molar-refractivity contribution in [2.75, 3.05) is 0 Å². The van der Waals surface area contributed by atoms with E-state index in [1.165, 1.54) is 176 Å². The molecule has 5 aromatic rings. The van der Waals surface area contributed by atoms with Crippen molar-refractivity contribution in [1.82, 2.24) is 0 Å². The van der Waals surface area contributed by atoms with Crippen molar-refractivity contribution in [2.24, 2.45) is 0 Å². The van der Waals surface area contributed by atoms with Crippen molar-refractivity contribution in [3.8, 4) is 0 Å². The normalized spacial score (nSPS) is 11.4. The van der Waals surface area contributed by atoms with Gasteiger partial charge in [-0.3, -0.25) is 0 Å². The zero-order valence-corrected chi connectivity index (χ0v) is 44.1. The molecule has 0 aliphatic rings. The van der Waals surface area contributed by atoms with Crippen molar-refractivity contribution >= 4 is 11.9 Å². The van der Waals surface area contributed by atoms with Crippen LogP contribution < -0.4 is 0 Å². The highest BCUT2D eigenvalue weighted by atomic mass is 16.6. The fourth-order valence-corrected chi connectivity index (χ4v) is 9.71. The fourth-order valence-electron chi connectivity index (χ4n) is 9.71. The second-order valence-electron chi connectivity index (χ2n) is 20.2. The lowest BCUT2D eigenvalue weighted by Gasteiger charge is -2.22. The number of unbranched alkanes of at least 4 members (excludes halogenated alkanes) is 20. The van der Waals surface area contributed by atoms with Gasteiger partial charge in [-0.2, -0.15) is 0 Å². The molecule has 0 N–H and O–H groups in total. The van der Waals surface area contributed by atoms with Crippen molar-refractivity contribution in [3.63, 3.8) is 0 Å². The van der Waals surface area contributed by atoms with Gasteiger partial charge in [-0.15, -0.1) is 0 Å². The van der Waals surface area contributed by atoms with Crippen LogP contribution in [0.1, 0.15) is 259 Å². The standard InChI is InChI=1S/C66H90O4/c1-5-9-13-17-21-25-31-53-37-45-57(46-38-53)63(58-47-39-54(40-48-58)32-26-22-18-14-10-6-2)69-65(67)61-35-29-30-36-62(61)66(68)70-64(59-49-41-55(42-50-59)33-27-23-19-15-11-7-3)60-51-43-56(44-52-60)34-28-24-20-16-12-8-4/h29-30,35-52,63-64H,5-28,31-34H2,1-4H3. The first-order chi connectivity index (χ1) is 34.4. The van der Waals surface area contributed by atoms with Crippen LogP contribution in [-0.2, 0) is 35.2 Å². The van der Waals surface area contributed by atoms with Gasteiger partial charge in [0.25, 0.3) is 0 Å². The smallest absolute Gasteiger partial charge is 0.339 e. The average molecular weight is 947 g/mol. The largest absolute Gasteiger partial charge is 0.449 e. The number of rotatable bonds is 36. The molecule has 70 heavy (non-hydrogen) atoms. The summed E-state index contributed by atoms with van der Waals surface area (Å²) in [4.78, 5) is 29.1. The highest BCUT2D eigenvalue weighted by Crippen LogP contribution is 2.32. The Balaban J connectivity index is 1.35. The van der Waals surface area contributed by atoms with E-state index < -0.39 is 24.1 Å². The van der Waals surface area contributed by atoms with E-state index in [-0.39, 0.29) is 11.1 Å². The molecule has 0 aliphatic heterocycles. The Kier molecular flexibility index (Phi) is 26.9. The molecule has 0 spiro atoms. The minimum Gasteiger partial charge on any atom is -0.449 e. The Bertz CT molecular complexity index is 1880. The third kappa shape index (κ3) is 20.0. The van der Waals surface area contributed by atoms with Crippen molar-refractivity contribution in [2.45, 2.75) is 220 Å². The zero-order valence-electron chi connectivity index (χ0n) is 44.1. The summed E-state index contributed by atoms with van der Waals surface area (Å²) in [5.74, 6) is -1.11. The number of aryl methyl sites for hydroxylation is 4. The fraction of sp³-hybridized carbons (Fsp3) is 0.515. The molecular weight excluding hydrogens is 857 g/mol. The first kappa shape index (κ1) is 56.0. The zero-order chi connectivity index (χ0) is 49.4. The molecule has 0 fully saturated rings. The van der Waals surface area contributed by atoms with E-state index in [9.17, 15) is 9.59 Å². The van der Waals surface area contributed by atoms with Gasteiger partial charge in [0.05, 0.1) is 11.1 Å². The monoisotopic (exact) mass is 947 g/mol. The Labute approximate surface area is 425 Å². The third-order valence-electron chi connectivity index (χ3n) is 14.2. The van der Waals surface area contributed by atoms with Gasteiger partial charge in [0.1, 0.15) is 0 Å². The van der Waals surface area contributed by atoms with Crippen LogP contribution in [0.5, 0.6) is 0 Å². The molecule has 0 aliphatic carbocycles. The molecule has 0 saturated carbocycles. The van der Waals surface area contributed by atoms with Gasteiger partial charge >= 0.3 is 11.9 Å².